The Morgan fingerprint density at radius 3 is 2.17 bits per heavy atom. The zero-order chi connectivity index (χ0) is 17.2. The largest absolute Gasteiger partial charge is 0.354 e. The Morgan fingerprint density at radius 2 is 1.62 bits per heavy atom. The first kappa shape index (κ1) is 22.7. The molecule has 1 aliphatic rings. The molecule has 0 spiro atoms. The summed E-state index contributed by atoms with van der Waals surface area (Å²) in [6, 6.07) is -0.618. The van der Waals surface area contributed by atoms with Crippen molar-refractivity contribution in [1.82, 2.24) is 15.5 Å². The van der Waals surface area contributed by atoms with E-state index >= 15 is 0 Å². The zero-order valence-corrected chi connectivity index (χ0v) is 15.5. The summed E-state index contributed by atoms with van der Waals surface area (Å²) in [5.41, 5.74) is 5.69. The molecule has 1 fully saturated rings. The van der Waals surface area contributed by atoms with Gasteiger partial charge in [-0.1, -0.05) is 26.7 Å². The number of carbonyl (C=O) groups excluding carboxylic acids is 3. The first-order valence-electron chi connectivity index (χ1n) is 8.49. The maximum atomic E-state index is 12.1. The van der Waals surface area contributed by atoms with E-state index in [9.17, 15) is 14.4 Å². The highest BCUT2D eigenvalue weighted by Gasteiger charge is 2.18. The quantitative estimate of drug-likeness (QED) is 0.610. The summed E-state index contributed by atoms with van der Waals surface area (Å²) in [5.74, 6) is -0.545. The molecule has 1 atom stereocenters. The maximum Gasteiger partial charge on any atom is 0.239 e. The molecule has 0 aromatic heterocycles. The lowest BCUT2D eigenvalue weighted by Crippen LogP contribution is -2.47. The minimum atomic E-state index is -0.618. The van der Waals surface area contributed by atoms with Crippen molar-refractivity contribution in [3.63, 3.8) is 0 Å². The predicted molar refractivity (Wildman–Crippen MR) is 95.7 cm³/mol. The van der Waals surface area contributed by atoms with E-state index in [-0.39, 0.29) is 42.6 Å². The summed E-state index contributed by atoms with van der Waals surface area (Å²) in [6.07, 6.45) is 4.77. The minimum absolute atomic E-state index is 0. The van der Waals surface area contributed by atoms with Gasteiger partial charge >= 0.3 is 0 Å². The molecule has 1 aliphatic heterocycles. The number of amides is 3. The average Bonchev–Trinajstić information content (AvgIpc) is 2.80. The van der Waals surface area contributed by atoms with Crippen LogP contribution >= 0.6 is 12.4 Å². The molecule has 1 heterocycles. The van der Waals surface area contributed by atoms with Crippen molar-refractivity contribution >= 4 is 30.1 Å². The van der Waals surface area contributed by atoms with Crippen molar-refractivity contribution in [2.24, 2.45) is 11.7 Å². The molecule has 8 heteroatoms. The molecule has 140 valence electrons. The van der Waals surface area contributed by atoms with Crippen molar-refractivity contribution in [1.29, 1.82) is 0 Å². The monoisotopic (exact) mass is 362 g/mol. The number of hydrogen-bond donors (Lipinski definition) is 3. The molecule has 4 N–H and O–H groups in total. The molecule has 0 saturated carbocycles. The standard InChI is InChI=1S/C16H30N4O3.ClH/c1-12(2)15(17)16(23)19-11-13(21)18-8-7-14(22)20-9-5-3-4-6-10-20;/h12,15H,3-11,17H2,1-2H3,(H,18,21)(H,19,23);1H/t15-;/m0./s1. The summed E-state index contributed by atoms with van der Waals surface area (Å²) < 4.78 is 0. The Bertz CT molecular complexity index is 410. The van der Waals surface area contributed by atoms with E-state index < -0.39 is 6.04 Å². The highest BCUT2D eigenvalue weighted by atomic mass is 35.5. The molecule has 0 unspecified atom stereocenters. The Labute approximate surface area is 150 Å². The number of nitrogens with two attached hydrogens (primary N) is 1. The fourth-order valence-corrected chi connectivity index (χ4v) is 2.44. The SMILES string of the molecule is CC(C)[C@H](N)C(=O)NCC(=O)NCCC(=O)N1CCCCCC1.Cl. The van der Waals surface area contributed by atoms with E-state index in [0.717, 1.165) is 25.9 Å². The van der Waals surface area contributed by atoms with Crippen LogP contribution in [0.4, 0.5) is 0 Å². The van der Waals surface area contributed by atoms with Gasteiger partial charge in [0, 0.05) is 26.1 Å². The number of hydrogen-bond acceptors (Lipinski definition) is 4. The number of likely N-dealkylation sites (tertiary alicyclic amines) is 1. The van der Waals surface area contributed by atoms with Crippen molar-refractivity contribution in [2.75, 3.05) is 26.2 Å². The zero-order valence-electron chi connectivity index (χ0n) is 14.7. The number of carbonyl (C=O) groups is 3. The first-order valence-corrected chi connectivity index (χ1v) is 8.49. The van der Waals surface area contributed by atoms with E-state index in [2.05, 4.69) is 10.6 Å². The minimum Gasteiger partial charge on any atom is -0.354 e. The Balaban J connectivity index is 0.00000529. The van der Waals surface area contributed by atoms with Crippen LogP contribution in [0.1, 0.15) is 46.0 Å². The van der Waals surface area contributed by atoms with Gasteiger partial charge in [-0.25, -0.2) is 0 Å². The van der Waals surface area contributed by atoms with Crippen LogP contribution in [0.3, 0.4) is 0 Å². The number of nitrogens with one attached hydrogen (secondary N) is 2. The second-order valence-electron chi connectivity index (χ2n) is 6.38. The molecule has 0 radical (unpaired) electrons. The van der Waals surface area contributed by atoms with Gasteiger partial charge in [-0.15, -0.1) is 12.4 Å². The molecule has 0 aliphatic carbocycles. The highest BCUT2D eigenvalue weighted by Crippen LogP contribution is 2.10. The van der Waals surface area contributed by atoms with E-state index in [0.29, 0.717) is 13.0 Å². The number of halogens is 1. The van der Waals surface area contributed by atoms with Gasteiger partial charge in [-0.2, -0.15) is 0 Å². The van der Waals surface area contributed by atoms with Crippen molar-refractivity contribution in [3.8, 4) is 0 Å². The molecule has 1 rings (SSSR count). The summed E-state index contributed by atoms with van der Waals surface area (Å²) in [4.78, 5) is 37.2. The van der Waals surface area contributed by atoms with Gasteiger partial charge in [-0.05, 0) is 18.8 Å². The predicted octanol–water partition coefficient (Wildman–Crippen LogP) is 0.417. The molecule has 0 bridgehead atoms. The Kier molecular flexibility index (Phi) is 11.4. The van der Waals surface area contributed by atoms with Gasteiger partial charge in [0.2, 0.25) is 17.7 Å². The normalized spacial score (nSPS) is 15.9. The van der Waals surface area contributed by atoms with Crippen molar-refractivity contribution in [2.45, 2.75) is 52.0 Å². The Hall–Kier alpha value is -1.34. The van der Waals surface area contributed by atoms with Gasteiger partial charge in [0.25, 0.3) is 0 Å². The van der Waals surface area contributed by atoms with Crippen LogP contribution < -0.4 is 16.4 Å². The molecule has 7 nitrogen and oxygen atoms in total. The van der Waals surface area contributed by atoms with Crippen LogP contribution in [0.5, 0.6) is 0 Å². The lowest BCUT2D eigenvalue weighted by molar-refractivity contribution is -0.131. The van der Waals surface area contributed by atoms with E-state index in [1.807, 2.05) is 18.7 Å². The van der Waals surface area contributed by atoms with Gasteiger partial charge in [0.1, 0.15) is 0 Å². The van der Waals surface area contributed by atoms with Crippen LogP contribution in [0.2, 0.25) is 0 Å². The second kappa shape index (κ2) is 12.1. The number of rotatable bonds is 7. The molecule has 24 heavy (non-hydrogen) atoms. The van der Waals surface area contributed by atoms with Crippen LogP contribution in [-0.2, 0) is 14.4 Å². The fraction of sp³-hybridized carbons (Fsp3) is 0.812. The third kappa shape index (κ3) is 8.49. The molecular weight excluding hydrogens is 332 g/mol. The molecular formula is C16H31ClN4O3. The van der Waals surface area contributed by atoms with Gasteiger partial charge in [-0.3, -0.25) is 14.4 Å². The smallest absolute Gasteiger partial charge is 0.239 e. The maximum absolute atomic E-state index is 12.1. The summed E-state index contributed by atoms with van der Waals surface area (Å²) in [6.45, 7) is 5.50. The first-order chi connectivity index (χ1) is 10.9. The van der Waals surface area contributed by atoms with Crippen molar-refractivity contribution < 1.29 is 14.4 Å². The average molecular weight is 363 g/mol. The molecule has 0 aromatic carbocycles. The summed E-state index contributed by atoms with van der Waals surface area (Å²) >= 11 is 0. The third-order valence-corrected chi connectivity index (χ3v) is 4.06. The molecule has 0 aromatic rings. The molecule has 1 saturated heterocycles. The second-order valence-corrected chi connectivity index (χ2v) is 6.38. The van der Waals surface area contributed by atoms with Gasteiger partial charge in [0.05, 0.1) is 12.6 Å². The highest BCUT2D eigenvalue weighted by molar-refractivity contribution is 5.87. The van der Waals surface area contributed by atoms with Gasteiger partial charge in [0.15, 0.2) is 0 Å². The van der Waals surface area contributed by atoms with Crippen LogP contribution in [0.15, 0.2) is 0 Å². The topological polar surface area (TPSA) is 105 Å². The number of nitrogens with zero attached hydrogens (tertiary/aromatic N) is 1. The van der Waals surface area contributed by atoms with E-state index in [1.165, 1.54) is 12.8 Å². The summed E-state index contributed by atoms with van der Waals surface area (Å²) in [5, 5.41) is 5.15. The lowest BCUT2D eigenvalue weighted by Gasteiger charge is -2.20. The van der Waals surface area contributed by atoms with E-state index in [4.69, 9.17) is 5.73 Å². The van der Waals surface area contributed by atoms with Crippen LogP contribution in [0, 0.1) is 5.92 Å². The van der Waals surface area contributed by atoms with Crippen LogP contribution in [-0.4, -0.2) is 54.8 Å². The Morgan fingerprint density at radius 1 is 1.04 bits per heavy atom. The van der Waals surface area contributed by atoms with E-state index in [1.54, 1.807) is 0 Å². The van der Waals surface area contributed by atoms with Gasteiger partial charge < -0.3 is 21.3 Å². The fourth-order valence-electron chi connectivity index (χ4n) is 2.44. The third-order valence-electron chi connectivity index (χ3n) is 4.06. The molecule has 3 amide bonds. The van der Waals surface area contributed by atoms with Crippen LogP contribution in [0.25, 0.3) is 0 Å². The lowest BCUT2D eigenvalue weighted by atomic mass is 10.1. The van der Waals surface area contributed by atoms with Crippen molar-refractivity contribution in [3.05, 3.63) is 0 Å². The summed E-state index contributed by atoms with van der Waals surface area (Å²) in [7, 11) is 0.